The molecule has 15 heavy (non-hydrogen) atoms. The van der Waals surface area contributed by atoms with Crippen LogP contribution in [-0.2, 0) is 0 Å². The Morgan fingerprint density at radius 2 is 2.00 bits per heavy atom. The van der Waals surface area contributed by atoms with Crippen LogP contribution in [0, 0.1) is 5.41 Å². The third-order valence-corrected chi connectivity index (χ3v) is 2.62. The van der Waals surface area contributed by atoms with Gasteiger partial charge in [0.05, 0.1) is 6.04 Å². The van der Waals surface area contributed by atoms with E-state index in [-0.39, 0.29) is 0 Å². The standard InChI is InChI=1S/C12H23N3/c1-10(13-9-12(3,4)5)11(2)15-8-6-7-14-15/h6-8,10-11,13H,9H2,1-5H3/t10-,11-/m0/s1. The minimum absolute atomic E-state index is 0.331. The summed E-state index contributed by atoms with van der Waals surface area (Å²) in [4.78, 5) is 0. The van der Waals surface area contributed by atoms with E-state index in [4.69, 9.17) is 0 Å². The van der Waals surface area contributed by atoms with Gasteiger partial charge in [0.1, 0.15) is 0 Å². The second-order valence-electron chi connectivity index (χ2n) is 5.46. The van der Waals surface area contributed by atoms with Gasteiger partial charge in [0, 0.05) is 25.0 Å². The molecule has 0 aromatic carbocycles. The van der Waals surface area contributed by atoms with Gasteiger partial charge in [0.25, 0.3) is 0 Å². The van der Waals surface area contributed by atoms with E-state index in [9.17, 15) is 0 Å². The number of hydrogen-bond donors (Lipinski definition) is 1. The van der Waals surface area contributed by atoms with Crippen LogP contribution in [0.5, 0.6) is 0 Å². The van der Waals surface area contributed by atoms with Gasteiger partial charge < -0.3 is 5.32 Å². The summed E-state index contributed by atoms with van der Waals surface area (Å²) in [5, 5.41) is 7.81. The van der Waals surface area contributed by atoms with Crippen molar-refractivity contribution in [3.63, 3.8) is 0 Å². The SMILES string of the molecule is C[C@H](NCC(C)(C)C)[C@H](C)n1cccn1. The summed E-state index contributed by atoms with van der Waals surface area (Å²) >= 11 is 0. The largest absolute Gasteiger partial charge is 0.312 e. The molecule has 0 saturated heterocycles. The predicted octanol–water partition coefficient (Wildman–Crippen LogP) is 2.47. The van der Waals surface area contributed by atoms with Gasteiger partial charge in [-0.05, 0) is 25.3 Å². The highest BCUT2D eigenvalue weighted by Crippen LogP contribution is 2.14. The van der Waals surface area contributed by atoms with Gasteiger partial charge in [-0.1, -0.05) is 20.8 Å². The zero-order valence-corrected chi connectivity index (χ0v) is 10.5. The quantitative estimate of drug-likeness (QED) is 0.825. The van der Waals surface area contributed by atoms with Crippen molar-refractivity contribution >= 4 is 0 Å². The monoisotopic (exact) mass is 209 g/mol. The maximum absolute atomic E-state index is 4.26. The van der Waals surface area contributed by atoms with Crippen LogP contribution in [0.1, 0.15) is 40.7 Å². The first-order valence-corrected chi connectivity index (χ1v) is 5.63. The van der Waals surface area contributed by atoms with Gasteiger partial charge in [0.15, 0.2) is 0 Å². The van der Waals surface area contributed by atoms with Crippen LogP contribution in [0.15, 0.2) is 18.5 Å². The third-order valence-electron chi connectivity index (χ3n) is 2.62. The lowest BCUT2D eigenvalue weighted by Crippen LogP contribution is -2.38. The third kappa shape index (κ3) is 4.04. The average Bonchev–Trinajstić information content (AvgIpc) is 2.64. The van der Waals surface area contributed by atoms with Crippen LogP contribution < -0.4 is 5.32 Å². The molecule has 2 atom stereocenters. The molecule has 0 aliphatic heterocycles. The summed E-state index contributed by atoms with van der Waals surface area (Å²) in [7, 11) is 0. The predicted molar refractivity (Wildman–Crippen MR) is 63.9 cm³/mol. The molecule has 0 bridgehead atoms. The molecule has 0 aliphatic rings. The van der Waals surface area contributed by atoms with E-state index >= 15 is 0 Å². The number of nitrogens with zero attached hydrogens (tertiary/aromatic N) is 2. The molecule has 1 aromatic heterocycles. The molecular formula is C12H23N3. The Balaban J connectivity index is 2.44. The minimum Gasteiger partial charge on any atom is -0.312 e. The maximum atomic E-state index is 4.26. The Labute approximate surface area is 92.9 Å². The van der Waals surface area contributed by atoms with Crippen LogP contribution in [-0.4, -0.2) is 22.4 Å². The highest BCUT2D eigenvalue weighted by atomic mass is 15.3. The lowest BCUT2D eigenvalue weighted by Gasteiger charge is -2.26. The fraction of sp³-hybridized carbons (Fsp3) is 0.750. The summed E-state index contributed by atoms with van der Waals surface area (Å²) in [6, 6.07) is 2.79. The Bertz CT molecular complexity index is 272. The Kier molecular flexibility index (Phi) is 3.91. The average molecular weight is 209 g/mol. The molecule has 86 valence electrons. The Hall–Kier alpha value is -0.830. The summed E-state index contributed by atoms with van der Waals surface area (Å²) in [6.07, 6.45) is 3.84. The number of hydrogen-bond acceptors (Lipinski definition) is 2. The van der Waals surface area contributed by atoms with Crippen molar-refractivity contribution in [2.24, 2.45) is 5.41 Å². The summed E-state index contributed by atoms with van der Waals surface area (Å²) in [6.45, 7) is 12.1. The Morgan fingerprint density at radius 1 is 1.33 bits per heavy atom. The highest BCUT2D eigenvalue weighted by Gasteiger charge is 2.17. The molecule has 0 spiro atoms. The first-order valence-electron chi connectivity index (χ1n) is 5.63. The number of aromatic nitrogens is 2. The highest BCUT2D eigenvalue weighted by molar-refractivity contribution is 4.84. The first-order chi connectivity index (χ1) is 6.90. The topological polar surface area (TPSA) is 29.9 Å². The maximum Gasteiger partial charge on any atom is 0.0641 e. The smallest absolute Gasteiger partial charge is 0.0641 e. The molecule has 0 radical (unpaired) electrons. The molecule has 0 saturated carbocycles. The van der Waals surface area contributed by atoms with Crippen molar-refractivity contribution in [2.45, 2.75) is 46.7 Å². The van der Waals surface area contributed by atoms with Crippen molar-refractivity contribution in [3.05, 3.63) is 18.5 Å². The fourth-order valence-corrected chi connectivity index (χ4v) is 1.39. The van der Waals surface area contributed by atoms with E-state index in [1.165, 1.54) is 0 Å². The van der Waals surface area contributed by atoms with Gasteiger partial charge in [-0.2, -0.15) is 5.10 Å². The van der Waals surface area contributed by atoms with Crippen molar-refractivity contribution in [2.75, 3.05) is 6.54 Å². The molecule has 0 aliphatic carbocycles. The molecule has 0 unspecified atom stereocenters. The lowest BCUT2D eigenvalue weighted by molar-refractivity contribution is 0.306. The van der Waals surface area contributed by atoms with Crippen LogP contribution in [0.2, 0.25) is 0 Å². The molecule has 1 rings (SSSR count). The molecule has 3 nitrogen and oxygen atoms in total. The van der Waals surface area contributed by atoms with Gasteiger partial charge in [-0.15, -0.1) is 0 Å². The van der Waals surface area contributed by atoms with Crippen molar-refractivity contribution in [1.29, 1.82) is 0 Å². The molecule has 0 amide bonds. The van der Waals surface area contributed by atoms with Crippen LogP contribution >= 0.6 is 0 Å². The van der Waals surface area contributed by atoms with Crippen molar-refractivity contribution in [3.8, 4) is 0 Å². The van der Waals surface area contributed by atoms with E-state index < -0.39 is 0 Å². The first kappa shape index (κ1) is 12.2. The zero-order valence-electron chi connectivity index (χ0n) is 10.5. The zero-order chi connectivity index (χ0) is 11.5. The summed E-state index contributed by atoms with van der Waals surface area (Å²) in [5.41, 5.74) is 0.331. The van der Waals surface area contributed by atoms with Gasteiger partial charge in [-0.3, -0.25) is 4.68 Å². The summed E-state index contributed by atoms with van der Waals surface area (Å²) in [5.74, 6) is 0. The number of nitrogens with one attached hydrogen (secondary N) is 1. The van der Waals surface area contributed by atoms with E-state index in [2.05, 4.69) is 45.0 Å². The molecular weight excluding hydrogens is 186 g/mol. The minimum atomic E-state index is 0.331. The molecule has 1 N–H and O–H groups in total. The molecule has 1 aromatic rings. The van der Waals surface area contributed by atoms with E-state index in [1.54, 1.807) is 0 Å². The number of rotatable bonds is 4. The Morgan fingerprint density at radius 3 is 2.47 bits per heavy atom. The van der Waals surface area contributed by atoms with Crippen molar-refractivity contribution in [1.82, 2.24) is 15.1 Å². The summed E-state index contributed by atoms with van der Waals surface area (Å²) < 4.78 is 2.00. The van der Waals surface area contributed by atoms with E-state index in [1.807, 2.05) is 23.1 Å². The van der Waals surface area contributed by atoms with Crippen molar-refractivity contribution < 1.29 is 0 Å². The normalized spacial score (nSPS) is 16.3. The second-order valence-corrected chi connectivity index (χ2v) is 5.46. The fourth-order valence-electron chi connectivity index (χ4n) is 1.39. The second kappa shape index (κ2) is 4.79. The lowest BCUT2D eigenvalue weighted by atomic mass is 9.96. The molecule has 3 heteroatoms. The van der Waals surface area contributed by atoms with E-state index in [0.717, 1.165) is 6.54 Å². The van der Waals surface area contributed by atoms with Crippen LogP contribution in [0.4, 0.5) is 0 Å². The van der Waals surface area contributed by atoms with E-state index in [0.29, 0.717) is 17.5 Å². The van der Waals surface area contributed by atoms with Crippen LogP contribution in [0.3, 0.4) is 0 Å². The molecule has 1 heterocycles. The van der Waals surface area contributed by atoms with Gasteiger partial charge in [0.2, 0.25) is 0 Å². The van der Waals surface area contributed by atoms with Gasteiger partial charge in [-0.25, -0.2) is 0 Å². The molecule has 0 fully saturated rings. The van der Waals surface area contributed by atoms with Crippen LogP contribution in [0.25, 0.3) is 0 Å². The van der Waals surface area contributed by atoms with Gasteiger partial charge >= 0.3 is 0 Å².